The molecule has 0 spiro atoms. The van der Waals surface area contributed by atoms with Crippen molar-refractivity contribution in [2.24, 2.45) is 10.8 Å². The van der Waals surface area contributed by atoms with Crippen molar-refractivity contribution in [2.75, 3.05) is 18.1 Å². The Morgan fingerprint density at radius 2 is 1.88 bits per heavy atom. The van der Waals surface area contributed by atoms with Crippen molar-refractivity contribution in [3.05, 3.63) is 42.5 Å². The number of nitrogens with one attached hydrogen (secondary N) is 1. The van der Waals surface area contributed by atoms with Gasteiger partial charge in [0.15, 0.2) is 5.82 Å². The predicted molar refractivity (Wildman–Crippen MR) is 128 cm³/mol. The molecule has 34 heavy (non-hydrogen) atoms. The standard InChI is InChI=1S/C26H31F2N5O/c1-25-6-3-7-26(2,16-25)13-19(12-25)33(9-8-27)23-5-4-21(31-32-23)24-20(28)10-17(11-22(24)34)18-14-29-30-15-18/h4-5,10-11,14-15,19,34H,3,6-9,12-13,16H2,1-2H3,(H,29,30)/t19?,25-,26+. The van der Waals surface area contributed by atoms with Gasteiger partial charge in [0.1, 0.15) is 18.2 Å². The van der Waals surface area contributed by atoms with Gasteiger partial charge in [-0.25, -0.2) is 8.78 Å². The van der Waals surface area contributed by atoms with Crippen molar-refractivity contribution in [3.8, 4) is 28.1 Å². The van der Waals surface area contributed by atoms with Gasteiger partial charge in [-0.2, -0.15) is 5.10 Å². The number of anilines is 1. The summed E-state index contributed by atoms with van der Waals surface area (Å²) in [6, 6.07) is 6.43. The molecule has 0 amide bonds. The first-order valence-electron chi connectivity index (χ1n) is 12.0. The molecule has 2 bridgehead atoms. The van der Waals surface area contributed by atoms with Gasteiger partial charge in [0.05, 0.1) is 17.5 Å². The highest BCUT2D eigenvalue weighted by atomic mass is 19.1. The van der Waals surface area contributed by atoms with Crippen LogP contribution in [0.4, 0.5) is 14.6 Å². The van der Waals surface area contributed by atoms with Crippen LogP contribution in [-0.2, 0) is 0 Å². The fourth-order valence-corrected chi connectivity index (χ4v) is 6.54. The maximum absolute atomic E-state index is 15.0. The average molecular weight is 468 g/mol. The van der Waals surface area contributed by atoms with Gasteiger partial charge in [-0.15, -0.1) is 10.2 Å². The molecule has 2 aliphatic rings. The summed E-state index contributed by atoms with van der Waals surface area (Å²) in [5.74, 6) is -0.229. The lowest BCUT2D eigenvalue weighted by Crippen LogP contribution is -2.50. The fourth-order valence-electron chi connectivity index (χ4n) is 6.54. The van der Waals surface area contributed by atoms with Gasteiger partial charge in [0, 0.05) is 24.3 Å². The van der Waals surface area contributed by atoms with Crippen molar-refractivity contribution in [1.82, 2.24) is 20.4 Å². The lowest BCUT2D eigenvalue weighted by atomic mass is 9.55. The first-order valence-corrected chi connectivity index (χ1v) is 12.0. The molecule has 2 heterocycles. The third kappa shape index (κ3) is 4.26. The minimum absolute atomic E-state index is 0.00411. The molecular weight excluding hydrogens is 436 g/mol. The number of alkyl halides is 1. The van der Waals surface area contributed by atoms with E-state index in [2.05, 4.69) is 34.2 Å². The van der Waals surface area contributed by atoms with Crippen LogP contribution >= 0.6 is 0 Å². The molecule has 3 aromatic rings. The molecule has 3 atom stereocenters. The molecule has 2 saturated carbocycles. The summed E-state index contributed by atoms with van der Waals surface area (Å²) in [4.78, 5) is 2.04. The van der Waals surface area contributed by atoms with Crippen LogP contribution in [0.2, 0.25) is 0 Å². The highest BCUT2D eigenvalue weighted by Gasteiger charge is 2.47. The van der Waals surface area contributed by atoms with Crippen LogP contribution in [0.5, 0.6) is 5.75 Å². The lowest BCUT2D eigenvalue weighted by Gasteiger charge is -2.54. The predicted octanol–water partition coefficient (Wildman–Crippen LogP) is 5.90. The van der Waals surface area contributed by atoms with Crippen LogP contribution in [0.3, 0.4) is 0 Å². The van der Waals surface area contributed by atoms with Crippen LogP contribution in [0.15, 0.2) is 36.7 Å². The Morgan fingerprint density at radius 3 is 2.47 bits per heavy atom. The number of benzene rings is 1. The Kier molecular flexibility index (Phi) is 5.78. The second-order valence-corrected chi connectivity index (χ2v) is 10.7. The molecular formula is C26H31F2N5O. The zero-order chi connectivity index (χ0) is 23.9. The molecule has 0 aliphatic heterocycles. The minimum atomic E-state index is -0.597. The van der Waals surface area contributed by atoms with Gasteiger partial charge < -0.3 is 10.0 Å². The largest absolute Gasteiger partial charge is 0.507 e. The molecule has 2 aliphatic carbocycles. The van der Waals surface area contributed by atoms with Crippen molar-refractivity contribution in [2.45, 2.75) is 58.4 Å². The molecule has 1 unspecified atom stereocenters. The van der Waals surface area contributed by atoms with E-state index >= 15 is 0 Å². The summed E-state index contributed by atoms with van der Waals surface area (Å²) in [6.45, 7) is 4.50. The molecule has 0 saturated heterocycles. The number of phenols is 1. The van der Waals surface area contributed by atoms with E-state index in [4.69, 9.17) is 0 Å². The smallest absolute Gasteiger partial charge is 0.151 e. The number of hydrogen-bond acceptors (Lipinski definition) is 5. The van der Waals surface area contributed by atoms with Crippen molar-refractivity contribution < 1.29 is 13.9 Å². The zero-order valence-corrected chi connectivity index (χ0v) is 19.7. The van der Waals surface area contributed by atoms with E-state index in [-0.39, 0.29) is 40.4 Å². The Morgan fingerprint density at radius 1 is 1.12 bits per heavy atom. The number of aromatic hydroxyl groups is 1. The maximum Gasteiger partial charge on any atom is 0.151 e. The number of rotatable bonds is 6. The first-order chi connectivity index (χ1) is 16.3. The second-order valence-electron chi connectivity index (χ2n) is 10.7. The van der Waals surface area contributed by atoms with Crippen LogP contribution in [0, 0.1) is 16.6 Å². The Bertz CT molecular complexity index is 1110. The molecule has 5 rings (SSSR count). The number of halogens is 2. The van der Waals surface area contributed by atoms with Crippen molar-refractivity contribution in [3.63, 3.8) is 0 Å². The highest BCUT2D eigenvalue weighted by molar-refractivity contribution is 5.74. The molecule has 2 fully saturated rings. The molecule has 1 aromatic carbocycles. The number of H-pyrrole nitrogens is 1. The molecule has 6 nitrogen and oxygen atoms in total. The number of aromatic amines is 1. The summed E-state index contributed by atoms with van der Waals surface area (Å²) in [6.07, 6.45) is 10.1. The summed E-state index contributed by atoms with van der Waals surface area (Å²) in [5, 5.41) is 25.7. The minimum Gasteiger partial charge on any atom is -0.507 e. The number of nitrogens with zero attached hydrogens (tertiary/aromatic N) is 4. The first kappa shape index (κ1) is 22.7. The Balaban J connectivity index is 1.43. The SMILES string of the molecule is C[C@]12CCC[C@](C)(CC(N(CCF)c3ccc(-c4c(O)cc(-c5cn[nH]c5)cc4F)nn3)C1)C2. The zero-order valence-electron chi connectivity index (χ0n) is 19.7. The van der Waals surface area contributed by atoms with Gasteiger partial charge in [-0.3, -0.25) is 5.10 Å². The number of fused-ring (bicyclic) bond motifs is 2. The van der Waals surface area contributed by atoms with Crippen LogP contribution in [-0.4, -0.2) is 44.8 Å². The van der Waals surface area contributed by atoms with E-state index in [0.29, 0.717) is 16.9 Å². The van der Waals surface area contributed by atoms with E-state index < -0.39 is 12.5 Å². The summed E-state index contributed by atoms with van der Waals surface area (Å²) >= 11 is 0. The average Bonchev–Trinajstić information content (AvgIpc) is 3.31. The summed E-state index contributed by atoms with van der Waals surface area (Å²) in [5.41, 5.74) is 1.94. The van der Waals surface area contributed by atoms with Gasteiger partial charge in [-0.05, 0) is 72.8 Å². The van der Waals surface area contributed by atoms with E-state index in [0.717, 1.165) is 12.8 Å². The van der Waals surface area contributed by atoms with Crippen molar-refractivity contribution in [1.29, 1.82) is 0 Å². The van der Waals surface area contributed by atoms with E-state index in [9.17, 15) is 13.9 Å². The van der Waals surface area contributed by atoms with Crippen molar-refractivity contribution >= 4 is 5.82 Å². The summed E-state index contributed by atoms with van der Waals surface area (Å²) in [7, 11) is 0. The second kappa shape index (κ2) is 8.64. The van der Waals surface area contributed by atoms with Gasteiger partial charge in [0.25, 0.3) is 0 Å². The van der Waals surface area contributed by atoms with Crippen LogP contribution in [0.25, 0.3) is 22.4 Å². The van der Waals surface area contributed by atoms with E-state index in [1.165, 1.54) is 37.8 Å². The molecule has 2 aromatic heterocycles. The normalized spacial score (nSPS) is 26.4. The monoisotopic (exact) mass is 467 g/mol. The molecule has 180 valence electrons. The molecule has 0 radical (unpaired) electrons. The summed E-state index contributed by atoms with van der Waals surface area (Å²) < 4.78 is 28.5. The van der Waals surface area contributed by atoms with E-state index in [1.54, 1.807) is 24.5 Å². The lowest BCUT2D eigenvalue weighted by molar-refractivity contribution is 0.0128. The maximum atomic E-state index is 15.0. The third-order valence-corrected chi connectivity index (χ3v) is 7.74. The number of aromatic nitrogens is 4. The topological polar surface area (TPSA) is 77.9 Å². The van der Waals surface area contributed by atoms with Gasteiger partial charge in [-0.1, -0.05) is 20.3 Å². The Hall–Kier alpha value is -3.03. The van der Waals surface area contributed by atoms with Crippen LogP contribution in [0.1, 0.15) is 52.4 Å². The fraction of sp³-hybridized carbons (Fsp3) is 0.500. The van der Waals surface area contributed by atoms with E-state index in [1.807, 2.05) is 4.90 Å². The quantitative estimate of drug-likeness (QED) is 0.472. The van der Waals surface area contributed by atoms with Gasteiger partial charge in [0.2, 0.25) is 0 Å². The third-order valence-electron chi connectivity index (χ3n) is 7.74. The highest BCUT2D eigenvalue weighted by Crippen LogP contribution is 2.56. The van der Waals surface area contributed by atoms with Gasteiger partial charge >= 0.3 is 0 Å². The van der Waals surface area contributed by atoms with Crippen LogP contribution < -0.4 is 4.90 Å². The number of phenolic OH excluding ortho intramolecular Hbond substituents is 1. The number of hydrogen-bond donors (Lipinski definition) is 2. The Labute approximate surface area is 198 Å². The molecule has 8 heteroatoms. The molecule has 2 N–H and O–H groups in total.